The molecule has 0 unspecified atom stereocenters. The third-order valence-electron chi connectivity index (χ3n) is 3.51. The average molecular weight is 319 g/mol. The van der Waals surface area contributed by atoms with Gasteiger partial charge in [-0.05, 0) is 24.3 Å². The first kappa shape index (κ1) is 14.1. The normalized spacial score (nSPS) is 10.7. The molecule has 4 aromatic rings. The number of benzene rings is 2. The molecule has 2 aromatic heterocycles. The van der Waals surface area contributed by atoms with Crippen molar-refractivity contribution in [2.45, 2.75) is 0 Å². The second kappa shape index (κ2) is 5.96. The Kier molecular flexibility index (Phi) is 3.51. The van der Waals surface area contributed by atoms with Crippen LogP contribution in [-0.4, -0.2) is 32.2 Å². The molecule has 0 saturated heterocycles. The molecule has 0 spiro atoms. The van der Waals surface area contributed by atoms with Crippen LogP contribution in [0.1, 0.15) is 0 Å². The van der Waals surface area contributed by atoms with E-state index in [0.29, 0.717) is 23.2 Å². The van der Waals surface area contributed by atoms with Crippen molar-refractivity contribution in [1.29, 1.82) is 0 Å². The van der Waals surface area contributed by atoms with Crippen molar-refractivity contribution in [1.82, 2.24) is 25.1 Å². The van der Waals surface area contributed by atoms with Gasteiger partial charge in [-0.2, -0.15) is 4.98 Å². The summed E-state index contributed by atoms with van der Waals surface area (Å²) in [6, 6.07) is 17.2. The van der Waals surface area contributed by atoms with Crippen molar-refractivity contribution in [3.05, 3.63) is 60.8 Å². The molecule has 4 rings (SSSR count). The van der Waals surface area contributed by atoms with Crippen LogP contribution in [0.3, 0.4) is 0 Å². The molecule has 0 N–H and O–H groups in total. The van der Waals surface area contributed by atoms with Crippen LogP contribution < -0.4 is 4.74 Å². The molecule has 118 valence electrons. The fourth-order valence-corrected chi connectivity index (χ4v) is 2.33. The lowest BCUT2D eigenvalue weighted by atomic mass is 10.2. The van der Waals surface area contributed by atoms with Crippen molar-refractivity contribution < 1.29 is 9.26 Å². The number of hydrogen-bond donors (Lipinski definition) is 0. The molecular weight excluding hydrogens is 306 g/mol. The molecule has 0 aliphatic heterocycles. The van der Waals surface area contributed by atoms with E-state index in [2.05, 4.69) is 20.5 Å². The van der Waals surface area contributed by atoms with E-state index in [4.69, 9.17) is 9.26 Å². The second-order valence-corrected chi connectivity index (χ2v) is 5.01. The predicted molar refractivity (Wildman–Crippen MR) is 86.6 cm³/mol. The first-order chi connectivity index (χ1) is 11.8. The van der Waals surface area contributed by atoms with Gasteiger partial charge in [-0.1, -0.05) is 40.7 Å². The van der Waals surface area contributed by atoms with E-state index in [0.717, 1.165) is 11.3 Å². The summed E-state index contributed by atoms with van der Waals surface area (Å²) in [5.74, 6) is 1.41. The van der Waals surface area contributed by atoms with E-state index in [1.807, 2.05) is 54.6 Å². The fraction of sp³-hybridized carbons (Fsp3) is 0.0588. The highest BCUT2D eigenvalue weighted by atomic mass is 16.5. The Balaban J connectivity index is 1.67. The Morgan fingerprint density at radius 2 is 1.79 bits per heavy atom. The maximum Gasteiger partial charge on any atom is 0.262 e. The molecule has 0 bridgehead atoms. The van der Waals surface area contributed by atoms with Gasteiger partial charge in [0.25, 0.3) is 5.89 Å². The minimum Gasteiger partial charge on any atom is -0.496 e. The standard InChI is InChI=1S/C17H13N5O2/c1-23-15-10-6-5-9-13(15)17-18-16(20-24-17)14-11-22(21-19-14)12-7-3-2-4-8-12/h2-11H,1H3. The molecule has 2 aromatic carbocycles. The van der Waals surface area contributed by atoms with Gasteiger partial charge in [0.1, 0.15) is 5.75 Å². The minimum absolute atomic E-state index is 0.372. The summed E-state index contributed by atoms with van der Waals surface area (Å²) >= 11 is 0. The summed E-state index contributed by atoms with van der Waals surface area (Å²) in [4.78, 5) is 4.39. The molecule has 0 aliphatic carbocycles. The third kappa shape index (κ3) is 2.52. The molecule has 24 heavy (non-hydrogen) atoms. The number of hydrogen-bond acceptors (Lipinski definition) is 6. The first-order valence-electron chi connectivity index (χ1n) is 7.30. The summed E-state index contributed by atoms with van der Waals surface area (Å²) in [7, 11) is 1.60. The topological polar surface area (TPSA) is 78.9 Å². The zero-order chi connectivity index (χ0) is 16.4. The highest BCUT2D eigenvalue weighted by Crippen LogP contribution is 2.29. The molecule has 0 radical (unpaired) electrons. The lowest BCUT2D eigenvalue weighted by Crippen LogP contribution is -1.93. The van der Waals surface area contributed by atoms with Gasteiger partial charge in [-0.3, -0.25) is 0 Å². The van der Waals surface area contributed by atoms with Crippen LogP contribution in [0.25, 0.3) is 28.7 Å². The van der Waals surface area contributed by atoms with E-state index in [1.165, 1.54) is 0 Å². The van der Waals surface area contributed by atoms with Crippen LogP contribution in [0.15, 0.2) is 65.3 Å². The molecule has 0 aliphatic rings. The summed E-state index contributed by atoms with van der Waals surface area (Å²) in [6.07, 6.45) is 1.76. The van der Waals surface area contributed by atoms with E-state index in [-0.39, 0.29) is 0 Å². The highest BCUT2D eigenvalue weighted by Gasteiger charge is 2.16. The molecule has 2 heterocycles. The van der Waals surface area contributed by atoms with Crippen LogP contribution in [-0.2, 0) is 0 Å². The molecule has 7 nitrogen and oxygen atoms in total. The summed E-state index contributed by atoms with van der Waals surface area (Å²) in [5, 5.41) is 12.2. The van der Waals surface area contributed by atoms with Crippen molar-refractivity contribution in [2.24, 2.45) is 0 Å². The average Bonchev–Trinajstić information content (AvgIpc) is 3.32. The Morgan fingerprint density at radius 1 is 1.00 bits per heavy atom. The highest BCUT2D eigenvalue weighted by molar-refractivity contribution is 5.64. The van der Waals surface area contributed by atoms with Crippen LogP contribution in [0, 0.1) is 0 Å². The first-order valence-corrected chi connectivity index (χ1v) is 7.30. The molecular formula is C17H13N5O2. The Morgan fingerprint density at radius 3 is 2.62 bits per heavy atom. The smallest absolute Gasteiger partial charge is 0.262 e. The van der Waals surface area contributed by atoms with Gasteiger partial charge < -0.3 is 9.26 Å². The summed E-state index contributed by atoms with van der Waals surface area (Å²) in [5.41, 5.74) is 2.17. The van der Waals surface area contributed by atoms with Crippen molar-refractivity contribution in [3.63, 3.8) is 0 Å². The molecule has 0 saturated carbocycles. The zero-order valence-electron chi connectivity index (χ0n) is 12.8. The number of rotatable bonds is 4. The summed E-state index contributed by atoms with van der Waals surface area (Å²) < 4.78 is 12.3. The van der Waals surface area contributed by atoms with E-state index < -0.39 is 0 Å². The summed E-state index contributed by atoms with van der Waals surface area (Å²) in [6.45, 7) is 0. The molecule has 7 heteroatoms. The lowest BCUT2D eigenvalue weighted by molar-refractivity contribution is 0.405. The number of para-hydroxylation sites is 2. The quantitative estimate of drug-likeness (QED) is 0.575. The number of methoxy groups -OCH3 is 1. The van der Waals surface area contributed by atoms with Crippen LogP contribution >= 0.6 is 0 Å². The second-order valence-electron chi connectivity index (χ2n) is 5.01. The van der Waals surface area contributed by atoms with E-state index in [9.17, 15) is 0 Å². The molecule has 0 atom stereocenters. The number of aromatic nitrogens is 5. The van der Waals surface area contributed by atoms with Gasteiger partial charge >= 0.3 is 0 Å². The fourth-order valence-electron chi connectivity index (χ4n) is 2.33. The molecule has 0 amide bonds. The Bertz CT molecular complexity index is 962. The Hall–Kier alpha value is -3.48. The van der Waals surface area contributed by atoms with E-state index in [1.54, 1.807) is 18.0 Å². The monoisotopic (exact) mass is 319 g/mol. The zero-order valence-corrected chi connectivity index (χ0v) is 12.8. The Labute approximate surface area is 137 Å². The van der Waals surface area contributed by atoms with Crippen LogP contribution in [0.2, 0.25) is 0 Å². The lowest BCUT2D eigenvalue weighted by Gasteiger charge is -2.02. The maximum atomic E-state index is 5.34. The number of nitrogens with zero attached hydrogens (tertiary/aromatic N) is 5. The van der Waals surface area contributed by atoms with Crippen molar-refractivity contribution in [2.75, 3.05) is 7.11 Å². The maximum absolute atomic E-state index is 5.34. The van der Waals surface area contributed by atoms with Gasteiger partial charge in [-0.25, -0.2) is 4.68 Å². The van der Waals surface area contributed by atoms with Crippen molar-refractivity contribution >= 4 is 0 Å². The van der Waals surface area contributed by atoms with E-state index >= 15 is 0 Å². The van der Waals surface area contributed by atoms with Crippen molar-refractivity contribution in [3.8, 4) is 34.4 Å². The predicted octanol–water partition coefficient (Wildman–Crippen LogP) is 2.99. The minimum atomic E-state index is 0.372. The number of ether oxygens (including phenoxy) is 1. The van der Waals surface area contributed by atoms with Gasteiger partial charge in [0.05, 0.1) is 24.6 Å². The SMILES string of the molecule is COc1ccccc1-c1nc(-c2cn(-c3ccccc3)nn2)no1. The third-order valence-corrected chi connectivity index (χ3v) is 3.51. The van der Waals surface area contributed by atoms with Gasteiger partial charge in [0.15, 0.2) is 5.69 Å². The van der Waals surface area contributed by atoms with Gasteiger partial charge in [0, 0.05) is 0 Å². The van der Waals surface area contributed by atoms with Crippen LogP contribution in [0.5, 0.6) is 5.75 Å². The van der Waals surface area contributed by atoms with Gasteiger partial charge in [0.2, 0.25) is 5.82 Å². The molecule has 0 fully saturated rings. The largest absolute Gasteiger partial charge is 0.496 e. The van der Waals surface area contributed by atoms with Crippen LogP contribution in [0.4, 0.5) is 0 Å². The van der Waals surface area contributed by atoms with Gasteiger partial charge in [-0.15, -0.1) is 5.10 Å².